The highest BCUT2D eigenvalue weighted by atomic mass is 16.2. The number of nitrogens with two attached hydrogens (primary N) is 1. The fourth-order valence-electron chi connectivity index (χ4n) is 2.98. The zero-order valence-electron chi connectivity index (χ0n) is 12.5. The van der Waals surface area contributed by atoms with Crippen molar-refractivity contribution < 1.29 is 9.59 Å². The minimum Gasteiger partial charge on any atom is -0.342 e. The van der Waals surface area contributed by atoms with Crippen molar-refractivity contribution in [3.05, 3.63) is 0 Å². The number of amides is 3. The molecule has 3 N–H and O–H groups in total. The lowest BCUT2D eigenvalue weighted by molar-refractivity contribution is -0.142. The summed E-state index contributed by atoms with van der Waals surface area (Å²) in [4.78, 5) is 28.0. The van der Waals surface area contributed by atoms with Gasteiger partial charge in [-0.05, 0) is 26.2 Å². The van der Waals surface area contributed by atoms with Crippen LogP contribution in [0.15, 0.2) is 0 Å². The van der Waals surface area contributed by atoms with E-state index in [1.54, 1.807) is 0 Å². The van der Waals surface area contributed by atoms with Gasteiger partial charge in [-0.3, -0.25) is 4.79 Å². The van der Waals surface area contributed by atoms with Crippen molar-refractivity contribution in [3.63, 3.8) is 0 Å². The van der Waals surface area contributed by atoms with Gasteiger partial charge in [-0.1, -0.05) is 6.92 Å². The molecule has 6 heteroatoms. The molecule has 0 saturated carbocycles. The smallest absolute Gasteiger partial charge is 0.317 e. The second kappa shape index (κ2) is 5.99. The average molecular weight is 282 g/mol. The molecule has 2 aliphatic heterocycles. The molecule has 2 heterocycles. The van der Waals surface area contributed by atoms with E-state index in [4.69, 9.17) is 5.73 Å². The molecule has 0 aromatic carbocycles. The summed E-state index contributed by atoms with van der Waals surface area (Å²) in [6.45, 7) is 7.30. The first-order valence-corrected chi connectivity index (χ1v) is 7.55. The highest BCUT2D eigenvalue weighted by Gasteiger charge is 2.37. The maximum Gasteiger partial charge on any atom is 0.317 e. The molecule has 0 aromatic rings. The number of nitrogens with one attached hydrogen (secondary N) is 1. The molecule has 2 saturated heterocycles. The van der Waals surface area contributed by atoms with Crippen molar-refractivity contribution >= 4 is 11.9 Å². The van der Waals surface area contributed by atoms with Crippen molar-refractivity contribution in [1.29, 1.82) is 0 Å². The van der Waals surface area contributed by atoms with Crippen molar-refractivity contribution in [2.24, 2.45) is 11.1 Å². The lowest BCUT2D eigenvalue weighted by Crippen LogP contribution is -2.52. The maximum absolute atomic E-state index is 12.5. The third kappa shape index (κ3) is 2.75. The largest absolute Gasteiger partial charge is 0.342 e. The normalized spacial score (nSPS) is 23.6. The Bertz CT molecular complexity index is 373. The molecule has 0 spiro atoms. The number of piperidine rings is 1. The van der Waals surface area contributed by atoms with E-state index < -0.39 is 5.41 Å². The van der Waals surface area contributed by atoms with Crippen LogP contribution in [0.5, 0.6) is 0 Å². The van der Waals surface area contributed by atoms with Crippen LogP contribution in [0, 0.1) is 5.41 Å². The second-order valence-corrected chi connectivity index (χ2v) is 6.07. The number of carbonyl (C=O) groups is 2. The van der Waals surface area contributed by atoms with Crippen LogP contribution >= 0.6 is 0 Å². The summed E-state index contributed by atoms with van der Waals surface area (Å²) < 4.78 is 0. The van der Waals surface area contributed by atoms with Crippen LogP contribution in [0.1, 0.15) is 33.1 Å². The van der Waals surface area contributed by atoms with Crippen LogP contribution in [0.3, 0.4) is 0 Å². The number of urea groups is 1. The summed E-state index contributed by atoms with van der Waals surface area (Å²) >= 11 is 0. The minimum atomic E-state index is -0.447. The van der Waals surface area contributed by atoms with E-state index in [-0.39, 0.29) is 18.0 Å². The first-order valence-electron chi connectivity index (χ1n) is 7.55. The topological polar surface area (TPSA) is 78.7 Å². The molecular formula is C14H26N4O2. The lowest BCUT2D eigenvalue weighted by Gasteiger charge is -2.39. The van der Waals surface area contributed by atoms with Gasteiger partial charge in [0.05, 0.1) is 5.41 Å². The van der Waals surface area contributed by atoms with Crippen molar-refractivity contribution in [3.8, 4) is 0 Å². The maximum atomic E-state index is 12.5. The number of likely N-dealkylation sites (tertiary alicyclic amines) is 1. The van der Waals surface area contributed by atoms with Gasteiger partial charge in [0.2, 0.25) is 5.91 Å². The predicted octanol–water partition coefficient (Wildman–Crippen LogP) is 0.378. The number of nitrogens with zero attached hydrogens (tertiary/aromatic N) is 2. The Morgan fingerprint density at radius 3 is 2.50 bits per heavy atom. The molecule has 0 bridgehead atoms. The zero-order chi connectivity index (χ0) is 14.8. The monoisotopic (exact) mass is 282 g/mol. The van der Waals surface area contributed by atoms with Crippen LogP contribution in [0.25, 0.3) is 0 Å². The van der Waals surface area contributed by atoms with Gasteiger partial charge in [0.1, 0.15) is 0 Å². The van der Waals surface area contributed by atoms with Crippen LogP contribution in [-0.2, 0) is 4.79 Å². The van der Waals surface area contributed by atoms with E-state index in [1.165, 1.54) is 0 Å². The van der Waals surface area contributed by atoms with E-state index >= 15 is 0 Å². The standard InChI is InChI=1S/C14H26N4O2/c1-3-14(2,10-15)12(19)17-7-4-11(5-8-17)18-9-6-16-13(18)20/h11H,3-10,15H2,1-2H3,(H,16,20). The van der Waals surface area contributed by atoms with Crippen LogP contribution < -0.4 is 11.1 Å². The van der Waals surface area contributed by atoms with Gasteiger partial charge in [-0.15, -0.1) is 0 Å². The van der Waals surface area contributed by atoms with E-state index in [0.29, 0.717) is 6.54 Å². The Morgan fingerprint density at radius 1 is 1.40 bits per heavy atom. The summed E-state index contributed by atoms with van der Waals surface area (Å²) in [5.41, 5.74) is 5.31. The minimum absolute atomic E-state index is 0.0372. The molecule has 0 radical (unpaired) electrons. The number of hydrogen-bond acceptors (Lipinski definition) is 3. The molecule has 6 nitrogen and oxygen atoms in total. The fourth-order valence-corrected chi connectivity index (χ4v) is 2.98. The van der Waals surface area contributed by atoms with E-state index in [9.17, 15) is 9.59 Å². The SMILES string of the molecule is CCC(C)(CN)C(=O)N1CCC(N2CCNC2=O)CC1. The Hall–Kier alpha value is -1.30. The van der Waals surface area contributed by atoms with Gasteiger partial charge >= 0.3 is 6.03 Å². The predicted molar refractivity (Wildman–Crippen MR) is 77.2 cm³/mol. The van der Waals surface area contributed by atoms with Gasteiger partial charge in [-0.25, -0.2) is 4.79 Å². The molecule has 2 aliphatic rings. The molecule has 114 valence electrons. The summed E-state index contributed by atoms with van der Waals surface area (Å²) in [6, 6.07) is 0.308. The lowest BCUT2D eigenvalue weighted by atomic mass is 9.85. The second-order valence-electron chi connectivity index (χ2n) is 6.07. The molecule has 1 atom stereocenters. The van der Waals surface area contributed by atoms with Crippen molar-refractivity contribution in [2.45, 2.75) is 39.2 Å². The van der Waals surface area contributed by atoms with Gasteiger partial charge in [0.25, 0.3) is 0 Å². The van der Waals surface area contributed by atoms with Crippen LogP contribution in [0.2, 0.25) is 0 Å². The number of carbonyl (C=O) groups excluding carboxylic acids is 2. The Balaban J connectivity index is 1.91. The van der Waals surface area contributed by atoms with Crippen LogP contribution in [0.4, 0.5) is 4.79 Å². The quantitative estimate of drug-likeness (QED) is 0.782. The van der Waals surface area contributed by atoms with E-state index in [0.717, 1.165) is 45.4 Å². The van der Waals surface area contributed by atoms with Gasteiger partial charge in [0, 0.05) is 38.8 Å². The average Bonchev–Trinajstić information content (AvgIpc) is 2.92. The Labute approximate surface area is 120 Å². The van der Waals surface area contributed by atoms with Gasteiger partial charge < -0.3 is 20.9 Å². The molecule has 2 rings (SSSR count). The third-order valence-electron chi connectivity index (χ3n) is 4.83. The zero-order valence-corrected chi connectivity index (χ0v) is 12.5. The molecule has 2 fully saturated rings. The molecule has 1 unspecified atom stereocenters. The third-order valence-corrected chi connectivity index (χ3v) is 4.83. The Kier molecular flexibility index (Phi) is 4.52. The van der Waals surface area contributed by atoms with Crippen LogP contribution in [-0.4, -0.2) is 60.5 Å². The van der Waals surface area contributed by atoms with Crippen molar-refractivity contribution in [1.82, 2.24) is 15.1 Å². The molecule has 0 aromatic heterocycles. The van der Waals surface area contributed by atoms with E-state index in [1.807, 2.05) is 23.6 Å². The first kappa shape index (κ1) is 15.1. The highest BCUT2D eigenvalue weighted by Crippen LogP contribution is 2.26. The molecule has 0 aliphatic carbocycles. The van der Waals surface area contributed by atoms with E-state index in [2.05, 4.69) is 5.32 Å². The summed E-state index contributed by atoms with van der Waals surface area (Å²) in [5.74, 6) is 0.159. The highest BCUT2D eigenvalue weighted by molar-refractivity contribution is 5.82. The van der Waals surface area contributed by atoms with Gasteiger partial charge in [0.15, 0.2) is 0 Å². The summed E-state index contributed by atoms with van der Waals surface area (Å²) in [6.07, 6.45) is 2.49. The molecule has 20 heavy (non-hydrogen) atoms. The number of hydrogen-bond donors (Lipinski definition) is 2. The summed E-state index contributed by atoms with van der Waals surface area (Å²) in [7, 11) is 0. The summed E-state index contributed by atoms with van der Waals surface area (Å²) in [5, 5.41) is 2.83. The van der Waals surface area contributed by atoms with Gasteiger partial charge in [-0.2, -0.15) is 0 Å². The number of rotatable bonds is 4. The van der Waals surface area contributed by atoms with Crippen molar-refractivity contribution in [2.75, 3.05) is 32.7 Å². The fraction of sp³-hybridized carbons (Fsp3) is 0.857. The first-order chi connectivity index (χ1) is 9.51. The Morgan fingerprint density at radius 2 is 2.05 bits per heavy atom. The molecule has 3 amide bonds. The molecular weight excluding hydrogens is 256 g/mol.